The lowest BCUT2D eigenvalue weighted by atomic mass is 9.97. The number of carbonyl (C=O) groups excluding carboxylic acids is 3. The first-order valence-electron chi connectivity index (χ1n) is 20.6. The van der Waals surface area contributed by atoms with Crippen LogP contribution < -0.4 is 5.32 Å². The van der Waals surface area contributed by atoms with E-state index in [4.69, 9.17) is 37.9 Å². The van der Waals surface area contributed by atoms with Gasteiger partial charge >= 0.3 is 18.0 Å². The second-order valence-corrected chi connectivity index (χ2v) is 14.9. The SMILES string of the molecule is C=CCOC(=O)[C@H](CO[C@H]1O[C@H](COC(C)=O)[C@@H](OCc2ccccc2)[C@H](OCc2ccccc2)[C@H]1OCc1ccccc1)NC(=O)OCC1c2ccccc2-c2ccccc21. The lowest BCUT2D eigenvalue weighted by Crippen LogP contribution is -2.62. The fraction of sp³-hybridized carbons (Fsp3) is 0.300. The van der Waals surface area contributed by atoms with Gasteiger partial charge < -0.3 is 43.2 Å². The molecule has 1 aliphatic carbocycles. The Morgan fingerprint density at radius 2 is 1.11 bits per heavy atom. The van der Waals surface area contributed by atoms with Crippen molar-refractivity contribution in [1.82, 2.24) is 5.32 Å². The Kier molecular flexibility index (Phi) is 15.7. The molecule has 5 aromatic carbocycles. The van der Waals surface area contributed by atoms with E-state index in [0.717, 1.165) is 38.9 Å². The molecule has 0 saturated carbocycles. The average molecular weight is 842 g/mol. The van der Waals surface area contributed by atoms with Gasteiger partial charge in [-0.05, 0) is 38.9 Å². The van der Waals surface area contributed by atoms with Gasteiger partial charge in [0.2, 0.25) is 0 Å². The highest BCUT2D eigenvalue weighted by atomic mass is 16.7. The first-order chi connectivity index (χ1) is 30.4. The normalized spacial score (nSPS) is 19.7. The minimum Gasteiger partial charge on any atom is -0.463 e. The number of benzene rings is 5. The summed E-state index contributed by atoms with van der Waals surface area (Å²) in [6.07, 6.45) is -4.21. The molecular weight excluding hydrogens is 791 g/mol. The summed E-state index contributed by atoms with van der Waals surface area (Å²) in [6, 6.07) is 43.5. The Hall–Kier alpha value is -6.15. The van der Waals surface area contributed by atoms with Crippen LogP contribution in [0.5, 0.6) is 0 Å². The van der Waals surface area contributed by atoms with E-state index in [1.807, 2.05) is 140 Å². The van der Waals surface area contributed by atoms with Crippen LogP contribution in [-0.4, -0.2) is 81.2 Å². The fourth-order valence-electron chi connectivity index (χ4n) is 7.60. The highest BCUT2D eigenvalue weighted by Crippen LogP contribution is 2.44. The minimum atomic E-state index is -1.34. The van der Waals surface area contributed by atoms with Gasteiger partial charge in [-0.1, -0.05) is 152 Å². The third kappa shape index (κ3) is 11.6. The second-order valence-electron chi connectivity index (χ2n) is 14.9. The molecule has 0 radical (unpaired) electrons. The van der Waals surface area contributed by atoms with Crippen LogP contribution in [0.25, 0.3) is 11.1 Å². The van der Waals surface area contributed by atoms with Crippen LogP contribution >= 0.6 is 0 Å². The van der Waals surface area contributed by atoms with Gasteiger partial charge in [0.1, 0.15) is 44.2 Å². The van der Waals surface area contributed by atoms with Gasteiger partial charge in [0.25, 0.3) is 0 Å². The van der Waals surface area contributed by atoms with Crippen molar-refractivity contribution in [2.75, 3.05) is 26.4 Å². The van der Waals surface area contributed by atoms with Crippen molar-refractivity contribution in [3.8, 4) is 11.1 Å². The Bertz CT molecular complexity index is 2170. The zero-order valence-electron chi connectivity index (χ0n) is 34.5. The molecule has 7 rings (SSSR count). The van der Waals surface area contributed by atoms with Crippen molar-refractivity contribution >= 4 is 18.0 Å². The predicted octanol–water partition coefficient (Wildman–Crippen LogP) is 7.68. The van der Waals surface area contributed by atoms with Crippen LogP contribution in [0.4, 0.5) is 4.79 Å². The Labute approximate surface area is 361 Å². The fourth-order valence-corrected chi connectivity index (χ4v) is 7.60. The van der Waals surface area contributed by atoms with Crippen molar-refractivity contribution < 1.29 is 52.3 Å². The van der Waals surface area contributed by atoms with Gasteiger partial charge in [0.15, 0.2) is 12.3 Å². The van der Waals surface area contributed by atoms with Gasteiger partial charge in [-0.15, -0.1) is 0 Å². The third-order valence-electron chi connectivity index (χ3n) is 10.6. The topological polar surface area (TPSA) is 137 Å². The first kappa shape index (κ1) is 43.9. The molecule has 0 unspecified atom stereocenters. The summed E-state index contributed by atoms with van der Waals surface area (Å²) in [4.78, 5) is 39.3. The standard InChI is InChI=1S/C50H51NO11/c1-3-27-55-48(53)43(51-50(54)61-31-42-40-25-15-13-23-38(40)39-24-14-16-26-41(39)42)32-60-49-47(59-30-37-21-11-6-12-22-37)46(58-29-36-19-9-5-10-20-36)45(44(62-49)33-56-34(2)52)57-28-35-17-7-4-8-18-35/h3-26,42-47,49H,1,27-33H2,2H3,(H,51,54)/t43-,44+,45+,46-,47+,49-/m0/s1. The van der Waals surface area contributed by atoms with Crippen LogP contribution in [0.15, 0.2) is 152 Å². The minimum absolute atomic E-state index is 0.0267. The number of nitrogens with one attached hydrogen (secondary N) is 1. The summed E-state index contributed by atoms with van der Waals surface area (Å²) >= 11 is 0. The van der Waals surface area contributed by atoms with Crippen LogP contribution in [0, 0.1) is 0 Å². The Morgan fingerprint density at radius 3 is 1.65 bits per heavy atom. The van der Waals surface area contributed by atoms with E-state index in [1.165, 1.54) is 13.0 Å². The first-order valence-corrected chi connectivity index (χ1v) is 20.6. The molecule has 1 fully saturated rings. The molecule has 1 aliphatic heterocycles. The smallest absolute Gasteiger partial charge is 0.407 e. The van der Waals surface area contributed by atoms with Gasteiger partial charge in [-0.25, -0.2) is 9.59 Å². The zero-order chi connectivity index (χ0) is 43.1. The van der Waals surface area contributed by atoms with E-state index in [0.29, 0.717) is 0 Å². The van der Waals surface area contributed by atoms with E-state index in [1.54, 1.807) is 0 Å². The molecule has 5 aromatic rings. The van der Waals surface area contributed by atoms with Gasteiger partial charge in [0.05, 0.1) is 26.4 Å². The summed E-state index contributed by atoms with van der Waals surface area (Å²) in [5.41, 5.74) is 6.93. The van der Waals surface area contributed by atoms with E-state index in [-0.39, 0.29) is 45.6 Å². The maximum Gasteiger partial charge on any atom is 0.407 e. The quantitative estimate of drug-likeness (QED) is 0.0470. The number of hydrogen-bond acceptors (Lipinski definition) is 11. The predicted molar refractivity (Wildman–Crippen MR) is 229 cm³/mol. The lowest BCUT2D eigenvalue weighted by Gasteiger charge is -2.45. The number of amides is 1. The number of rotatable bonds is 20. The molecule has 62 heavy (non-hydrogen) atoms. The highest BCUT2D eigenvalue weighted by Gasteiger charge is 2.50. The summed E-state index contributed by atoms with van der Waals surface area (Å²) in [5, 5.41) is 2.65. The van der Waals surface area contributed by atoms with E-state index >= 15 is 0 Å². The average Bonchev–Trinajstić information content (AvgIpc) is 3.63. The maximum absolute atomic E-state index is 13.5. The molecule has 2 aliphatic rings. The number of hydrogen-bond donors (Lipinski definition) is 1. The molecule has 0 aromatic heterocycles. The van der Waals surface area contributed by atoms with E-state index in [2.05, 4.69) is 11.9 Å². The summed E-state index contributed by atoms with van der Waals surface area (Å²) < 4.78 is 49.6. The van der Waals surface area contributed by atoms with Crippen molar-refractivity contribution in [1.29, 1.82) is 0 Å². The van der Waals surface area contributed by atoms with Gasteiger partial charge in [-0.2, -0.15) is 0 Å². The lowest BCUT2D eigenvalue weighted by molar-refractivity contribution is -0.327. The van der Waals surface area contributed by atoms with Crippen LogP contribution in [0.1, 0.15) is 40.7 Å². The number of alkyl carbamates (subject to hydrolysis) is 1. The molecule has 1 saturated heterocycles. The highest BCUT2D eigenvalue weighted by molar-refractivity contribution is 5.82. The van der Waals surface area contributed by atoms with E-state index in [9.17, 15) is 14.4 Å². The molecule has 12 nitrogen and oxygen atoms in total. The molecule has 1 heterocycles. The monoisotopic (exact) mass is 841 g/mol. The van der Waals surface area contributed by atoms with Gasteiger partial charge in [-0.3, -0.25) is 4.79 Å². The molecule has 322 valence electrons. The molecule has 0 spiro atoms. The van der Waals surface area contributed by atoms with Gasteiger partial charge in [0, 0.05) is 12.8 Å². The van der Waals surface area contributed by atoms with Crippen molar-refractivity contribution in [2.24, 2.45) is 0 Å². The Balaban J connectivity index is 1.14. The molecule has 0 bridgehead atoms. The largest absolute Gasteiger partial charge is 0.463 e. The molecule has 1 N–H and O–H groups in total. The molecular formula is C50H51NO11. The number of ether oxygens (including phenoxy) is 8. The molecule has 12 heteroatoms. The molecule has 6 atom stereocenters. The zero-order valence-corrected chi connectivity index (χ0v) is 34.5. The van der Waals surface area contributed by atoms with Crippen LogP contribution in [0.3, 0.4) is 0 Å². The number of fused-ring (bicyclic) bond motifs is 3. The summed E-state index contributed by atoms with van der Waals surface area (Å²) in [5.74, 6) is -1.50. The second kappa shape index (κ2) is 22.1. The van der Waals surface area contributed by atoms with Crippen molar-refractivity contribution in [3.63, 3.8) is 0 Å². The maximum atomic E-state index is 13.5. The Morgan fingerprint density at radius 1 is 0.613 bits per heavy atom. The number of esters is 2. The number of carbonyl (C=O) groups is 3. The third-order valence-corrected chi connectivity index (χ3v) is 10.6. The molecule has 1 amide bonds. The van der Waals surface area contributed by atoms with Crippen molar-refractivity contribution in [2.45, 2.75) is 69.4 Å². The van der Waals surface area contributed by atoms with Crippen molar-refractivity contribution in [3.05, 3.63) is 180 Å². The van der Waals surface area contributed by atoms with Crippen LogP contribution in [0.2, 0.25) is 0 Å². The summed E-state index contributed by atoms with van der Waals surface area (Å²) in [6.45, 7) is 4.76. The van der Waals surface area contributed by atoms with E-state index < -0.39 is 61.4 Å². The van der Waals surface area contributed by atoms with Crippen LogP contribution in [-0.2, 0) is 67.3 Å². The summed E-state index contributed by atoms with van der Waals surface area (Å²) in [7, 11) is 0.